The monoisotopic (exact) mass is 442 g/mol. The number of ether oxygens (including phenoxy) is 2. The van der Waals surface area contributed by atoms with Gasteiger partial charge in [0.1, 0.15) is 12.3 Å². The average Bonchev–Trinajstić information content (AvgIpc) is 3.20. The molecular weight excluding hydrogens is 412 g/mol. The van der Waals surface area contributed by atoms with Gasteiger partial charge in [-0.3, -0.25) is 19.1 Å². The van der Waals surface area contributed by atoms with Crippen molar-refractivity contribution in [3.63, 3.8) is 0 Å². The summed E-state index contributed by atoms with van der Waals surface area (Å²) in [7, 11) is 0. The predicted octanol–water partition coefficient (Wildman–Crippen LogP) is 2.67. The molecule has 2 N–H and O–H groups in total. The second-order valence-electron chi connectivity index (χ2n) is 7.95. The number of benzene rings is 1. The lowest BCUT2D eigenvalue weighted by Gasteiger charge is -2.37. The van der Waals surface area contributed by atoms with Crippen molar-refractivity contribution < 1.29 is 23.9 Å². The maximum absolute atomic E-state index is 12.7. The van der Waals surface area contributed by atoms with Crippen molar-refractivity contribution in [2.75, 3.05) is 18.5 Å². The number of esters is 1. The Hall–Kier alpha value is -3.36. The van der Waals surface area contributed by atoms with Gasteiger partial charge in [0.05, 0.1) is 30.5 Å². The molecule has 9 heteroatoms. The van der Waals surface area contributed by atoms with Crippen molar-refractivity contribution in [3.8, 4) is 5.75 Å². The van der Waals surface area contributed by atoms with E-state index < -0.39 is 5.54 Å². The molecule has 172 valence electrons. The largest absolute Gasteiger partial charge is 0.484 e. The van der Waals surface area contributed by atoms with E-state index in [-0.39, 0.29) is 37.4 Å². The summed E-state index contributed by atoms with van der Waals surface area (Å²) in [6.45, 7) is 1.94. The molecular formula is C23H30N4O5. The van der Waals surface area contributed by atoms with Crippen molar-refractivity contribution in [2.24, 2.45) is 0 Å². The molecule has 1 heterocycles. The van der Waals surface area contributed by atoms with Crippen molar-refractivity contribution in [1.82, 2.24) is 15.1 Å². The van der Waals surface area contributed by atoms with Crippen LogP contribution in [0.25, 0.3) is 0 Å². The van der Waals surface area contributed by atoms with E-state index in [0.29, 0.717) is 18.0 Å². The molecule has 0 bridgehead atoms. The van der Waals surface area contributed by atoms with Gasteiger partial charge in [-0.05, 0) is 31.9 Å². The van der Waals surface area contributed by atoms with Gasteiger partial charge < -0.3 is 20.1 Å². The van der Waals surface area contributed by atoms with E-state index in [1.165, 1.54) is 10.9 Å². The minimum Gasteiger partial charge on any atom is -0.484 e. The van der Waals surface area contributed by atoms with Gasteiger partial charge in [-0.1, -0.05) is 37.5 Å². The summed E-state index contributed by atoms with van der Waals surface area (Å²) >= 11 is 0. The number of rotatable bonds is 10. The third kappa shape index (κ3) is 7.11. The van der Waals surface area contributed by atoms with Gasteiger partial charge >= 0.3 is 5.97 Å². The molecule has 0 unspecified atom stereocenters. The first kappa shape index (κ1) is 23.3. The van der Waals surface area contributed by atoms with Crippen LogP contribution in [0.4, 0.5) is 5.69 Å². The number of anilines is 1. The highest BCUT2D eigenvalue weighted by Crippen LogP contribution is 2.31. The van der Waals surface area contributed by atoms with Crippen molar-refractivity contribution in [1.29, 1.82) is 0 Å². The van der Waals surface area contributed by atoms with Gasteiger partial charge in [-0.15, -0.1) is 0 Å². The zero-order valence-electron chi connectivity index (χ0n) is 18.3. The molecule has 0 radical (unpaired) electrons. The Balaban J connectivity index is 1.50. The first-order valence-corrected chi connectivity index (χ1v) is 10.9. The normalized spacial score (nSPS) is 14.9. The van der Waals surface area contributed by atoms with E-state index in [4.69, 9.17) is 9.47 Å². The summed E-state index contributed by atoms with van der Waals surface area (Å²) in [5.41, 5.74) is -0.0982. The zero-order chi connectivity index (χ0) is 22.8. The number of carbonyl (C=O) groups excluding carboxylic acids is 3. The maximum Gasteiger partial charge on any atom is 0.308 e. The Morgan fingerprint density at radius 3 is 2.56 bits per heavy atom. The minimum atomic E-state index is -0.569. The van der Waals surface area contributed by atoms with Gasteiger partial charge in [0, 0.05) is 6.20 Å². The number of amides is 2. The third-order valence-corrected chi connectivity index (χ3v) is 5.34. The highest BCUT2D eigenvalue weighted by molar-refractivity contribution is 5.91. The molecule has 0 spiro atoms. The van der Waals surface area contributed by atoms with Crippen molar-refractivity contribution in [3.05, 3.63) is 42.7 Å². The Kier molecular flexibility index (Phi) is 8.24. The van der Waals surface area contributed by atoms with Crippen LogP contribution >= 0.6 is 0 Å². The van der Waals surface area contributed by atoms with Gasteiger partial charge in [0.25, 0.3) is 5.91 Å². The smallest absolute Gasteiger partial charge is 0.308 e. The molecule has 1 saturated carbocycles. The molecule has 1 fully saturated rings. The molecule has 0 atom stereocenters. The number of hydrogen-bond donors (Lipinski definition) is 2. The fraction of sp³-hybridized carbons (Fsp3) is 0.478. The van der Waals surface area contributed by atoms with E-state index in [0.717, 1.165) is 32.1 Å². The summed E-state index contributed by atoms with van der Waals surface area (Å²) in [4.78, 5) is 36.8. The van der Waals surface area contributed by atoms with Crippen LogP contribution in [-0.4, -0.2) is 46.3 Å². The van der Waals surface area contributed by atoms with Crippen molar-refractivity contribution in [2.45, 2.75) is 57.5 Å². The van der Waals surface area contributed by atoms with E-state index in [2.05, 4.69) is 15.7 Å². The number of hydrogen-bond acceptors (Lipinski definition) is 6. The second-order valence-corrected chi connectivity index (χ2v) is 7.95. The molecule has 9 nitrogen and oxygen atoms in total. The predicted molar refractivity (Wildman–Crippen MR) is 118 cm³/mol. The molecule has 1 aliphatic rings. The summed E-state index contributed by atoms with van der Waals surface area (Å²) in [5.74, 6) is -0.246. The molecule has 2 amide bonds. The van der Waals surface area contributed by atoms with Crippen LogP contribution in [0.1, 0.15) is 45.4 Å². The quantitative estimate of drug-likeness (QED) is 0.547. The van der Waals surface area contributed by atoms with E-state index >= 15 is 0 Å². The van der Waals surface area contributed by atoms with Gasteiger partial charge in [0.2, 0.25) is 5.91 Å². The number of nitrogens with one attached hydrogen (secondary N) is 2. The molecule has 3 rings (SSSR count). The lowest BCUT2D eigenvalue weighted by molar-refractivity contribution is -0.145. The Morgan fingerprint density at radius 1 is 1.09 bits per heavy atom. The number of nitrogens with zero attached hydrogens (tertiary/aromatic N) is 2. The summed E-state index contributed by atoms with van der Waals surface area (Å²) in [5, 5.41) is 9.89. The van der Waals surface area contributed by atoms with Crippen LogP contribution < -0.4 is 15.4 Å². The van der Waals surface area contributed by atoms with Gasteiger partial charge in [-0.25, -0.2) is 0 Å². The zero-order valence-corrected chi connectivity index (χ0v) is 18.3. The molecule has 1 aliphatic carbocycles. The first-order chi connectivity index (χ1) is 15.5. The standard InChI is InChI=1S/C23H30N4O5/c1-2-31-22(30)13-23(11-7-4-8-12-23)26-20(28)16-27-15-18(14-24-27)25-21(29)17-32-19-9-5-3-6-10-19/h3,5-6,9-10,14-15H,2,4,7-8,11-13,16-17H2,1H3,(H,25,29)(H,26,28). The fourth-order valence-electron chi connectivity index (χ4n) is 3.92. The van der Waals surface area contributed by atoms with Gasteiger partial charge in [0.15, 0.2) is 6.61 Å². The number of aromatic nitrogens is 2. The Morgan fingerprint density at radius 2 is 1.84 bits per heavy atom. The Labute approximate surface area is 187 Å². The van der Waals surface area contributed by atoms with Crippen LogP contribution in [0.5, 0.6) is 5.75 Å². The Bertz CT molecular complexity index is 906. The summed E-state index contributed by atoms with van der Waals surface area (Å²) in [6.07, 6.45) is 7.75. The fourth-order valence-corrected chi connectivity index (χ4v) is 3.92. The second kappa shape index (κ2) is 11.3. The van der Waals surface area contributed by atoms with Crippen LogP contribution in [-0.2, 0) is 25.7 Å². The molecule has 1 aromatic carbocycles. The topological polar surface area (TPSA) is 112 Å². The molecule has 32 heavy (non-hydrogen) atoms. The lowest BCUT2D eigenvalue weighted by Crippen LogP contribution is -2.52. The summed E-state index contributed by atoms with van der Waals surface area (Å²) in [6, 6.07) is 9.05. The number of para-hydroxylation sites is 1. The average molecular weight is 443 g/mol. The highest BCUT2D eigenvalue weighted by atomic mass is 16.5. The molecule has 1 aromatic heterocycles. The van der Waals surface area contributed by atoms with E-state index in [1.54, 1.807) is 25.3 Å². The summed E-state index contributed by atoms with van der Waals surface area (Å²) < 4.78 is 12.0. The van der Waals surface area contributed by atoms with E-state index in [9.17, 15) is 14.4 Å². The molecule has 0 aliphatic heterocycles. The van der Waals surface area contributed by atoms with Gasteiger partial charge in [-0.2, -0.15) is 5.10 Å². The lowest BCUT2D eigenvalue weighted by atomic mass is 9.79. The maximum atomic E-state index is 12.7. The first-order valence-electron chi connectivity index (χ1n) is 10.9. The number of carbonyl (C=O) groups is 3. The van der Waals surface area contributed by atoms with Crippen LogP contribution in [0, 0.1) is 0 Å². The molecule has 0 saturated heterocycles. The van der Waals surface area contributed by atoms with Crippen LogP contribution in [0.3, 0.4) is 0 Å². The highest BCUT2D eigenvalue weighted by Gasteiger charge is 2.36. The van der Waals surface area contributed by atoms with Crippen LogP contribution in [0.2, 0.25) is 0 Å². The van der Waals surface area contributed by atoms with Crippen LogP contribution in [0.15, 0.2) is 42.7 Å². The molecule has 2 aromatic rings. The van der Waals surface area contributed by atoms with E-state index in [1.807, 2.05) is 18.2 Å². The SMILES string of the molecule is CCOC(=O)CC1(NC(=O)Cn2cc(NC(=O)COc3ccccc3)cn2)CCCCC1. The minimum absolute atomic E-state index is 0.0129. The third-order valence-electron chi connectivity index (χ3n) is 5.34. The van der Waals surface area contributed by atoms with Crippen molar-refractivity contribution >= 4 is 23.5 Å².